The number of hydrogen-bond donors (Lipinski definition) is 2. The molecule has 0 saturated carbocycles. The van der Waals surface area contributed by atoms with Gasteiger partial charge in [-0.05, 0) is 36.8 Å². The number of rotatable bonds is 6. The van der Waals surface area contributed by atoms with Gasteiger partial charge in [-0.15, -0.1) is 0 Å². The molecule has 0 bridgehead atoms. The number of nitrogens with one attached hydrogen (secondary N) is 1. The lowest BCUT2D eigenvalue weighted by atomic mass is 10.1. The van der Waals surface area contributed by atoms with Gasteiger partial charge in [-0.3, -0.25) is 0 Å². The van der Waals surface area contributed by atoms with E-state index in [0.29, 0.717) is 5.69 Å². The van der Waals surface area contributed by atoms with Crippen LogP contribution in [0.15, 0.2) is 53.4 Å². The number of alkyl halides is 2. The highest BCUT2D eigenvalue weighted by Crippen LogP contribution is 2.21. The van der Waals surface area contributed by atoms with Crippen LogP contribution >= 0.6 is 0 Å². The highest BCUT2D eigenvalue weighted by atomic mass is 32.2. The maximum atomic E-state index is 12.4. The van der Waals surface area contributed by atoms with Crippen LogP contribution < -0.4 is 5.32 Å². The molecule has 0 aromatic heterocycles. The van der Waals surface area contributed by atoms with Gasteiger partial charge in [0.2, 0.25) is 9.84 Å². The first kappa shape index (κ1) is 17.4. The molecule has 23 heavy (non-hydrogen) atoms. The van der Waals surface area contributed by atoms with Gasteiger partial charge in [-0.1, -0.05) is 29.8 Å². The van der Waals surface area contributed by atoms with Gasteiger partial charge in [0.15, 0.2) is 0 Å². The van der Waals surface area contributed by atoms with E-state index in [1.54, 1.807) is 6.07 Å². The summed E-state index contributed by atoms with van der Waals surface area (Å²) in [4.78, 5) is -0.433. The monoisotopic (exact) mass is 341 g/mol. The second-order valence-corrected chi connectivity index (χ2v) is 7.06. The zero-order valence-electron chi connectivity index (χ0n) is 12.4. The molecular formula is C16H17F2NO3S. The quantitative estimate of drug-likeness (QED) is 0.847. The van der Waals surface area contributed by atoms with Crippen molar-refractivity contribution < 1.29 is 22.3 Å². The minimum atomic E-state index is -4.58. The Kier molecular flexibility index (Phi) is 5.33. The van der Waals surface area contributed by atoms with Crippen molar-refractivity contribution >= 4 is 15.5 Å². The second kappa shape index (κ2) is 7.06. The van der Waals surface area contributed by atoms with E-state index >= 15 is 0 Å². The zero-order chi connectivity index (χ0) is 17.0. The molecule has 7 heteroatoms. The standard InChI is InChI=1S/C16H17F2NO3S/c1-11-3-2-4-12(9-11)15(20)10-19-13-5-7-14(8-6-13)23(21,22)16(17)18/h2-9,15-16,19-20H,10H2,1H3. The van der Waals surface area contributed by atoms with E-state index in [0.717, 1.165) is 23.3 Å². The van der Waals surface area contributed by atoms with Gasteiger partial charge >= 0.3 is 5.76 Å². The molecule has 0 radical (unpaired) electrons. The molecule has 0 spiro atoms. The smallest absolute Gasteiger partial charge is 0.341 e. The predicted octanol–water partition coefficient (Wildman–Crippen LogP) is 3.14. The third kappa shape index (κ3) is 4.27. The van der Waals surface area contributed by atoms with Gasteiger partial charge in [0, 0.05) is 12.2 Å². The summed E-state index contributed by atoms with van der Waals surface area (Å²) in [6.45, 7) is 2.14. The number of sulfone groups is 1. The molecule has 0 heterocycles. The van der Waals surface area contributed by atoms with Gasteiger partial charge in [-0.25, -0.2) is 8.42 Å². The number of benzene rings is 2. The first-order chi connectivity index (χ1) is 10.8. The lowest BCUT2D eigenvalue weighted by Gasteiger charge is -2.14. The Morgan fingerprint density at radius 2 is 1.78 bits per heavy atom. The van der Waals surface area contributed by atoms with Crippen LogP contribution in [0.4, 0.5) is 14.5 Å². The third-order valence-corrected chi connectivity index (χ3v) is 4.74. The number of aryl methyl sites for hydroxylation is 1. The lowest BCUT2D eigenvalue weighted by molar-refractivity contribution is 0.191. The molecule has 0 fully saturated rings. The van der Waals surface area contributed by atoms with Gasteiger partial charge in [0.1, 0.15) is 0 Å². The maximum absolute atomic E-state index is 12.4. The van der Waals surface area contributed by atoms with E-state index in [1.165, 1.54) is 12.1 Å². The Hall–Kier alpha value is -1.99. The molecular weight excluding hydrogens is 324 g/mol. The topological polar surface area (TPSA) is 66.4 Å². The van der Waals surface area contributed by atoms with Crippen LogP contribution in [0.2, 0.25) is 0 Å². The van der Waals surface area contributed by atoms with Crippen molar-refractivity contribution in [1.82, 2.24) is 0 Å². The summed E-state index contributed by atoms with van der Waals surface area (Å²) >= 11 is 0. The minimum Gasteiger partial charge on any atom is -0.387 e. The highest BCUT2D eigenvalue weighted by molar-refractivity contribution is 7.91. The molecule has 0 aliphatic rings. The third-order valence-electron chi connectivity index (χ3n) is 3.34. The van der Waals surface area contributed by atoms with Gasteiger partial charge in [0.25, 0.3) is 0 Å². The Morgan fingerprint density at radius 3 is 2.35 bits per heavy atom. The average molecular weight is 341 g/mol. The van der Waals surface area contributed by atoms with E-state index in [-0.39, 0.29) is 6.54 Å². The van der Waals surface area contributed by atoms with E-state index in [4.69, 9.17) is 0 Å². The van der Waals surface area contributed by atoms with Crippen LogP contribution in [0, 0.1) is 6.92 Å². The normalized spacial score (nSPS) is 13.1. The fourth-order valence-electron chi connectivity index (χ4n) is 2.08. The summed E-state index contributed by atoms with van der Waals surface area (Å²) in [7, 11) is -4.58. The molecule has 0 amide bonds. The first-order valence-electron chi connectivity index (χ1n) is 6.91. The summed E-state index contributed by atoms with van der Waals surface area (Å²) in [5, 5.41) is 13.0. The van der Waals surface area contributed by atoms with Gasteiger partial charge in [-0.2, -0.15) is 8.78 Å². The van der Waals surface area contributed by atoms with E-state index < -0.39 is 26.6 Å². The molecule has 0 saturated heterocycles. The van der Waals surface area contributed by atoms with E-state index in [2.05, 4.69) is 5.32 Å². The van der Waals surface area contributed by atoms with Gasteiger partial charge < -0.3 is 10.4 Å². The molecule has 2 N–H and O–H groups in total. The summed E-state index contributed by atoms with van der Waals surface area (Å²) in [5.74, 6) is -3.44. The zero-order valence-corrected chi connectivity index (χ0v) is 13.2. The van der Waals surface area contributed by atoms with Crippen LogP contribution in [-0.4, -0.2) is 25.8 Å². The van der Waals surface area contributed by atoms with Crippen molar-refractivity contribution in [2.45, 2.75) is 23.7 Å². The van der Waals surface area contributed by atoms with Crippen molar-refractivity contribution in [2.75, 3.05) is 11.9 Å². The van der Waals surface area contributed by atoms with Crippen molar-refractivity contribution in [2.24, 2.45) is 0 Å². The summed E-state index contributed by atoms with van der Waals surface area (Å²) in [6, 6.07) is 12.4. The summed E-state index contributed by atoms with van der Waals surface area (Å²) in [5.41, 5.74) is 2.32. The molecule has 4 nitrogen and oxygen atoms in total. The number of hydrogen-bond acceptors (Lipinski definition) is 4. The Bertz CT molecular complexity index is 761. The summed E-state index contributed by atoms with van der Waals surface area (Å²) < 4.78 is 47.5. The fourth-order valence-corrected chi connectivity index (χ4v) is 2.80. The molecule has 2 aromatic carbocycles. The fraction of sp³-hybridized carbons (Fsp3) is 0.250. The number of aliphatic hydroxyl groups is 1. The van der Waals surface area contributed by atoms with Gasteiger partial charge in [0.05, 0.1) is 11.0 Å². The number of aliphatic hydroxyl groups excluding tert-OH is 1. The molecule has 1 atom stereocenters. The molecule has 0 aliphatic carbocycles. The largest absolute Gasteiger partial charge is 0.387 e. The van der Waals surface area contributed by atoms with E-state index in [9.17, 15) is 22.3 Å². The van der Waals surface area contributed by atoms with Crippen LogP contribution in [0.1, 0.15) is 17.2 Å². The SMILES string of the molecule is Cc1cccc(C(O)CNc2ccc(S(=O)(=O)C(F)F)cc2)c1. The summed E-state index contributed by atoms with van der Waals surface area (Å²) in [6.07, 6.45) is -0.737. The second-order valence-electron chi connectivity index (χ2n) is 5.14. The Balaban J connectivity index is 2.02. The highest BCUT2D eigenvalue weighted by Gasteiger charge is 2.26. The number of halogens is 2. The van der Waals surface area contributed by atoms with Crippen LogP contribution in [0.3, 0.4) is 0 Å². The molecule has 1 unspecified atom stereocenters. The molecule has 2 aromatic rings. The molecule has 0 aliphatic heterocycles. The predicted molar refractivity (Wildman–Crippen MR) is 84.3 cm³/mol. The lowest BCUT2D eigenvalue weighted by Crippen LogP contribution is -2.13. The van der Waals surface area contributed by atoms with E-state index in [1.807, 2.05) is 25.1 Å². The minimum absolute atomic E-state index is 0.213. The van der Waals surface area contributed by atoms with Crippen molar-refractivity contribution in [3.8, 4) is 0 Å². The Morgan fingerprint density at radius 1 is 1.13 bits per heavy atom. The van der Waals surface area contributed by atoms with Crippen molar-refractivity contribution in [3.05, 3.63) is 59.7 Å². The Labute approximate surface area is 133 Å². The molecule has 2 rings (SSSR count). The van der Waals surface area contributed by atoms with Crippen LogP contribution in [0.5, 0.6) is 0 Å². The van der Waals surface area contributed by atoms with Crippen LogP contribution in [-0.2, 0) is 9.84 Å². The average Bonchev–Trinajstić information content (AvgIpc) is 2.52. The van der Waals surface area contributed by atoms with Crippen LogP contribution in [0.25, 0.3) is 0 Å². The van der Waals surface area contributed by atoms with Crippen molar-refractivity contribution in [1.29, 1.82) is 0 Å². The first-order valence-corrected chi connectivity index (χ1v) is 8.46. The maximum Gasteiger partial charge on any atom is 0.341 e. The van der Waals surface area contributed by atoms with Crippen molar-refractivity contribution in [3.63, 3.8) is 0 Å². The number of anilines is 1. The molecule has 124 valence electrons.